The van der Waals surface area contributed by atoms with Gasteiger partial charge in [-0.25, -0.2) is 8.42 Å². The normalized spacial score (nSPS) is 22.4. The molecule has 150 valence electrons. The number of hydrogen-bond donors (Lipinski definition) is 0. The molecular formula is C18H27N3O5S. The van der Waals surface area contributed by atoms with Crippen molar-refractivity contribution < 1.29 is 18.1 Å². The van der Waals surface area contributed by atoms with Crippen LogP contribution in [-0.2, 0) is 14.8 Å². The van der Waals surface area contributed by atoms with Gasteiger partial charge in [0.05, 0.1) is 22.5 Å². The van der Waals surface area contributed by atoms with Crippen molar-refractivity contribution in [1.82, 2.24) is 4.31 Å². The first-order valence-corrected chi connectivity index (χ1v) is 11.0. The van der Waals surface area contributed by atoms with Crippen LogP contribution in [0, 0.1) is 10.1 Å². The number of ether oxygens (including phenoxy) is 1. The summed E-state index contributed by atoms with van der Waals surface area (Å²) < 4.78 is 33.0. The van der Waals surface area contributed by atoms with Gasteiger partial charge in [-0.05, 0) is 31.4 Å². The number of rotatable bonds is 5. The second kappa shape index (κ2) is 8.53. The summed E-state index contributed by atoms with van der Waals surface area (Å²) in [6.07, 6.45) is 4.53. The summed E-state index contributed by atoms with van der Waals surface area (Å²) in [6.45, 7) is 4.58. The lowest BCUT2D eigenvalue weighted by Crippen LogP contribution is -2.42. The largest absolute Gasteiger partial charge is 0.375 e. The van der Waals surface area contributed by atoms with Gasteiger partial charge in [0.15, 0.2) is 0 Å². The topological polar surface area (TPSA) is 93.0 Å². The fourth-order valence-electron chi connectivity index (χ4n) is 3.69. The van der Waals surface area contributed by atoms with E-state index in [1.165, 1.54) is 16.4 Å². The zero-order valence-corrected chi connectivity index (χ0v) is 16.5. The number of anilines is 1. The minimum Gasteiger partial charge on any atom is -0.375 e. The molecule has 0 amide bonds. The first-order chi connectivity index (χ1) is 12.9. The van der Waals surface area contributed by atoms with E-state index in [1.54, 1.807) is 6.07 Å². The van der Waals surface area contributed by atoms with Gasteiger partial charge in [0.2, 0.25) is 10.0 Å². The van der Waals surface area contributed by atoms with Crippen molar-refractivity contribution in [2.45, 2.75) is 50.0 Å². The Bertz CT molecular complexity index is 775. The van der Waals surface area contributed by atoms with Gasteiger partial charge >= 0.3 is 0 Å². The average Bonchev–Trinajstić information content (AvgIpc) is 2.97. The van der Waals surface area contributed by atoms with Crippen molar-refractivity contribution >= 4 is 21.4 Å². The Morgan fingerprint density at radius 2 is 1.89 bits per heavy atom. The third-order valence-corrected chi connectivity index (χ3v) is 7.18. The van der Waals surface area contributed by atoms with Gasteiger partial charge in [0, 0.05) is 32.2 Å². The Morgan fingerprint density at radius 1 is 1.19 bits per heavy atom. The lowest BCUT2D eigenvalue weighted by molar-refractivity contribution is -0.384. The number of nitro groups is 1. The van der Waals surface area contributed by atoms with E-state index in [-0.39, 0.29) is 16.7 Å². The number of nitro benzene ring substituents is 1. The second-order valence-corrected chi connectivity index (χ2v) is 9.01. The zero-order chi connectivity index (χ0) is 19.4. The summed E-state index contributed by atoms with van der Waals surface area (Å²) in [5.74, 6) is 0. The van der Waals surface area contributed by atoms with Crippen LogP contribution in [-0.4, -0.2) is 56.5 Å². The predicted octanol–water partition coefficient (Wildman–Crippen LogP) is 2.77. The van der Waals surface area contributed by atoms with E-state index >= 15 is 0 Å². The Balaban J connectivity index is 1.92. The molecule has 0 N–H and O–H groups in total. The third-order valence-electron chi connectivity index (χ3n) is 5.28. The first-order valence-electron chi connectivity index (χ1n) is 9.58. The molecule has 2 aliphatic rings. The molecule has 0 spiro atoms. The van der Waals surface area contributed by atoms with Crippen molar-refractivity contribution in [2.24, 2.45) is 0 Å². The van der Waals surface area contributed by atoms with Gasteiger partial charge in [0.25, 0.3) is 5.69 Å². The highest BCUT2D eigenvalue weighted by Gasteiger charge is 2.30. The fourth-order valence-corrected chi connectivity index (χ4v) is 5.23. The van der Waals surface area contributed by atoms with Crippen LogP contribution in [0.4, 0.5) is 11.4 Å². The summed E-state index contributed by atoms with van der Waals surface area (Å²) >= 11 is 0. The molecule has 1 unspecified atom stereocenters. The van der Waals surface area contributed by atoms with Crippen LogP contribution in [0.3, 0.4) is 0 Å². The molecule has 0 bridgehead atoms. The Kier molecular flexibility index (Phi) is 6.33. The summed E-state index contributed by atoms with van der Waals surface area (Å²) in [4.78, 5) is 13.1. The predicted molar refractivity (Wildman–Crippen MR) is 103 cm³/mol. The maximum atomic E-state index is 13.0. The van der Waals surface area contributed by atoms with Crippen molar-refractivity contribution in [3.8, 4) is 0 Å². The SMILES string of the molecule is CCC1CN(c2ccc(S(=O)(=O)N3CCCCCC3)cc2[N+](=O)[O-])CCO1. The quantitative estimate of drug-likeness (QED) is 0.560. The van der Waals surface area contributed by atoms with Crippen LogP contribution < -0.4 is 4.90 Å². The molecule has 9 heteroatoms. The Hall–Kier alpha value is -1.71. The molecule has 8 nitrogen and oxygen atoms in total. The lowest BCUT2D eigenvalue weighted by atomic mass is 10.2. The molecule has 0 radical (unpaired) electrons. The molecule has 1 aromatic carbocycles. The van der Waals surface area contributed by atoms with Crippen LogP contribution in [0.15, 0.2) is 23.1 Å². The van der Waals surface area contributed by atoms with Crippen LogP contribution in [0.25, 0.3) is 0 Å². The first kappa shape index (κ1) is 20.0. The van der Waals surface area contributed by atoms with Crippen LogP contribution in [0.1, 0.15) is 39.0 Å². The van der Waals surface area contributed by atoms with Gasteiger partial charge in [0.1, 0.15) is 5.69 Å². The van der Waals surface area contributed by atoms with Gasteiger partial charge in [-0.1, -0.05) is 19.8 Å². The molecule has 2 heterocycles. The van der Waals surface area contributed by atoms with Crippen molar-refractivity contribution in [3.05, 3.63) is 28.3 Å². The highest BCUT2D eigenvalue weighted by Crippen LogP contribution is 2.33. The molecule has 0 aliphatic carbocycles. The second-order valence-electron chi connectivity index (χ2n) is 7.07. The van der Waals surface area contributed by atoms with Gasteiger partial charge < -0.3 is 9.64 Å². The molecule has 0 saturated carbocycles. The van der Waals surface area contributed by atoms with E-state index < -0.39 is 14.9 Å². The van der Waals surface area contributed by atoms with E-state index in [2.05, 4.69) is 0 Å². The van der Waals surface area contributed by atoms with Gasteiger partial charge in [-0.2, -0.15) is 4.31 Å². The van der Waals surface area contributed by atoms with E-state index in [9.17, 15) is 18.5 Å². The van der Waals surface area contributed by atoms with Crippen molar-refractivity contribution in [2.75, 3.05) is 37.7 Å². The third kappa shape index (κ3) is 4.41. The molecule has 2 saturated heterocycles. The summed E-state index contributed by atoms with van der Waals surface area (Å²) in [5.41, 5.74) is 0.291. The molecule has 2 aliphatic heterocycles. The molecule has 3 rings (SSSR count). The van der Waals surface area contributed by atoms with E-state index in [4.69, 9.17) is 4.74 Å². The van der Waals surface area contributed by atoms with Crippen LogP contribution in [0.2, 0.25) is 0 Å². The molecular weight excluding hydrogens is 370 g/mol. The monoisotopic (exact) mass is 397 g/mol. The van der Waals surface area contributed by atoms with Crippen LogP contribution in [0.5, 0.6) is 0 Å². The standard InChI is InChI=1S/C18H27N3O5S/c1-2-15-14-19(11-12-26-15)17-8-7-16(13-18(17)21(22)23)27(24,25)20-9-5-3-4-6-10-20/h7-8,13,15H,2-6,9-12,14H2,1H3. The number of hydrogen-bond acceptors (Lipinski definition) is 6. The number of benzene rings is 1. The van der Waals surface area contributed by atoms with Gasteiger partial charge in [-0.3, -0.25) is 10.1 Å². The molecule has 2 fully saturated rings. The summed E-state index contributed by atoms with van der Waals surface area (Å²) in [6, 6.07) is 4.28. The summed E-state index contributed by atoms with van der Waals surface area (Å²) in [5, 5.41) is 11.7. The minimum atomic E-state index is -3.72. The molecule has 0 aromatic heterocycles. The number of nitrogens with zero attached hydrogens (tertiary/aromatic N) is 3. The molecule has 27 heavy (non-hydrogen) atoms. The minimum absolute atomic E-state index is 0.000140. The van der Waals surface area contributed by atoms with Crippen LogP contribution >= 0.6 is 0 Å². The maximum absolute atomic E-state index is 13.0. The van der Waals surface area contributed by atoms with Gasteiger partial charge in [-0.15, -0.1) is 0 Å². The fraction of sp³-hybridized carbons (Fsp3) is 0.667. The maximum Gasteiger partial charge on any atom is 0.293 e. The zero-order valence-electron chi connectivity index (χ0n) is 15.7. The Morgan fingerprint density at radius 3 is 2.52 bits per heavy atom. The summed E-state index contributed by atoms with van der Waals surface area (Å²) in [7, 11) is -3.72. The van der Waals surface area contributed by atoms with Crippen molar-refractivity contribution in [1.29, 1.82) is 0 Å². The average molecular weight is 397 g/mol. The molecule has 1 atom stereocenters. The van der Waals surface area contributed by atoms with E-state index in [0.717, 1.165) is 32.1 Å². The molecule has 1 aromatic rings. The van der Waals surface area contributed by atoms with E-state index in [0.29, 0.717) is 38.5 Å². The highest BCUT2D eigenvalue weighted by molar-refractivity contribution is 7.89. The smallest absolute Gasteiger partial charge is 0.293 e. The number of sulfonamides is 1. The van der Waals surface area contributed by atoms with E-state index in [1.807, 2.05) is 11.8 Å². The lowest BCUT2D eigenvalue weighted by Gasteiger charge is -2.33. The van der Waals surface area contributed by atoms with Crippen molar-refractivity contribution in [3.63, 3.8) is 0 Å². The number of morpholine rings is 1. The highest BCUT2D eigenvalue weighted by atomic mass is 32.2. The Labute approximate surface area is 160 Å².